The molecule has 0 bridgehead atoms. The number of carbonyl (C=O) groups is 3. The number of rotatable bonds is 4. The van der Waals surface area contributed by atoms with Gasteiger partial charge >= 0.3 is 11.9 Å². The summed E-state index contributed by atoms with van der Waals surface area (Å²) in [4.78, 5) is 37.2. The molecule has 1 heterocycles. The lowest BCUT2D eigenvalue weighted by molar-refractivity contribution is -0.154. The minimum absolute atomic E-state index is 0.136. The van der Waals surface area contributed by atoms with Crippen molar-refractivity contribution in [2.45, 2.75) is 0 Å². The van der Waals surface area contributed by atoms with Crippen LogP contribution in [0.2, 0.25) is 5.02 Å². The molecule has 0 aliphatic rings. The van der Waals surface area contributed by atoms with Gasteiger partial charge in [-0.3, -0.25) is 4.79 Å². The van der Waals surface area contributed by atoms with E-state index in [0.717, 1.165) is 7.11 Å². The van der Waals surface area contributed by atoms with Gasteiger partial charge in [0.05, 0.1) is 12.7 Å². The zero-order chi connectivity index (χ0) is 14.7. The number of hydrogen-bond acceptors (Lipinski definition) is 5. The van der Waals surface area contributed by atoms with E-state index >= 15 is 0 Å². The predicted octanol–water partition coefficient (Wildman–Crippen LogP) is 1.72. The van der Waals surface area contributed by atoms with E-state index in [1.807, 2.05) is 0 Å². The van der Waals surface area contributed by atoms with Crippen molar-refractivity contribution in [1.29, 1.82) is 0 Å². The first-order valence-electron chi connectivity index (χ1n) is 5.58. The van der Waals surface area contributed by atoms with E-state index in [-0.39, 0.29) is 5.56 Å². The van der Waals surface area contributed by atoms with Crippen molar-refractivity contribution in [3.8, 4) is 0 Å². The number of carbonyl (C=O) groups excluding carboxylic acids is 3. The van der Waals surface area contributed by atoms with Gasteiger partial charge in [-0.2, -0.15) is 0 Å². The van der Waals surface area contributed by atoms with Gasteiger partial charge in [0.25, 0.3) is 5.78 Å². The topological polar surface area (TPSA) is 85.5 Å². The molecule has 0 saturated heterocycles. The molecule has 6 nitrogen and oxygen atoms in total. The number of Topliss-reactive ketones (excluding diaryl/α,β-unsaturated/α-hetero) is 1. The van der Waals surface area contributed by atoms with Gasteiger partial charge in [0, 0.05) is 22.1 Å². The molecule has 0 aliphatic carbocycles. The van der Waals surface area contributed by atoms with Crippen LogP contribution in [0.25, 0.3) is 10.9 Å². The van der Waals surface area contributed by atoms with Crippen LogP contribution in [0.15, 0.2) is 24.4 Å². The second kappa shape index (κ2) is 5.75. The van der Waals surface area contributed by atoms with Crippen LogP contribution in [-0.4, -0.2) is 36.4 Å². The summed E-state index contributed by atoms with van der Waals surface area (Å²) in [5.41, 5.74) is 0.802. The first-order chi connectivity index (χ1) is 9.52. The van der Waals surface area contributed by atoms with Crippen LogP contribution in [0.4, 0.5) is 0 Å². The lowest BCUT2D eigenvalue weighted by atomic mass is 10.1. The van der Waals surface area contributed by atoms with E-state index in [0.29, 0.717) is 15.9 Å². The van der Waals surface area contributed by atoms with E-state index in [1.165, 1.54) is 6.20 Å². The number of nitrogens with one attached hydrogen (secondary N) is 1. The zero-order valence-electron chi connectivity index (χ0n) is 10.4. The molecular weight excluding hydrogens is 286 g/mol. The maximum absolute atomic E-state index is 11.9. The Kier molecular flexibility index (Phi) is 4.05. The number of ether oxygens (including phenoxy) is 2. The molecule has 0 saturated carbocycles. The summed E-state index contributed by atoms with van der Waals surface area (Å²) in [5.74, 6) is -2.73. The average molecular weight is 296 g/mol. The van der Waals surface area contributed by atoms with E-state index < -0.39 is 24.3 Å². The van der Waals surface area contributed by atoms with Gasteiger partial charge in [0.15, 0.2) is 6.61 Å². The number of benzene rings is 1. The Morgan fingerprint density at radius 2 is 2.05 bits per heavy atom. The molecule has 2 rings (SSSR count). The average Bonchev–Trinajstić information content (AvgIpc) is 2.86. The summed E-state index contributed by atoms with van der Waals surface area (Å²) in [5, 5.41) is 0.951. The smallest absolute Gasteiger partial charge is 0.380 e. The second-order valence-electron chi connectivity index (χ2n) is 3.87. The fraction of sp³-hybridized carbons (Fsp3) is 0.154. The van der Waals surface area contributed by atoms with Crippen molar-refractivity contribution in [3.63, 3.8) is 0 Å². The Balaban J connectivity index is 2.21. The first kappa shape index (κ1) is 14.1. The van der Waals surface area contributed by atoms with Crippen LogP contribution in [0.5, 0.6) is 0 Å². The number of aromatic amines is 1. The highest BCUT2D eigenvalue weighted by Crippen LogP contribution is 2.22. The highest BCUT2D eigenvalue weighted by molar-refractivity contribution is 6.43. The molecule has 0 atom stereocenters. The van der Waals surface area contributed by atoms with Gasteiger partial charge in [-0.15, -0.1) is 0 Å². The number of esters is 2. The van der Waals surface area contributed by atoms with Crippen LogP contribution >= 0.6 is 11.6 Å². The van der Waals surface area contributed by atoms with Crippen molar-refractivity contribution < 1.29 is 23.9 Å². The van der Waals surface area contributed by atoms with Crippen molar-refractivity contribution in [1.82, 2.24) is 4.98 Å². The molecule has 20 heavy (non-hydrogen) atoms. The molecule has 0 spiro atoms. The third-order valence-electron chi connectivity index (χ3n) is 2.62. The van der Waals surface area contributed by atoms with E-state index in [1.54, 1.807) is 18.2 Å². The zero-order valence-corrected chi connectivity index (χ0v) is 11.2. The number of halogens is 1. The Bertz CT molecular complexity index is 691. The summed E-state index contributed by atoms with van der Waals surface area (Å²) in [7, 11) is 1.15. The maximum atomic E-state index is 11.9. The van der Waals surface area contributed by atoms with Gasteiger partial charge < -0.3 is 14.5 Å². The van der Waals surface area contributed by atoms with Crippen molar-refractivity contribution >= 4 is 40.2 Å². The van der Waals surface area contributed by atoms with Crippen molar-refractivity contribution in [3.05, 3.63) is 35.0 Å². The number of methoxy groups -OCH3 is 1. The molecule has 1 aromatic heterocycles. The molecule has 0 radical (unpaired) electrons. The maximum Gasteiger partial charge on any atom is 0.380 e. The highest BCUT2D eigenvalue weighted by Gasteiger charge is 2.22. The SMILES string of the molecule is COC(=O)COC(=O)C(=O)c1c[nH]c2ccc(Cl)cc12. The van der Waals surface area contributed by atoms with Gasteiger partial charge in [0.2, 0.25) is 0 Å². The molecule has 1 N–H and O–H groups in total. The molecule has 0 amide bonds. The Morgan fingerprint density at radius 1 is 1.30 bits per heavy atom. The fourth-order valence-corrected chi connectivity index (χ4v) is 1.81. The van der Waals surface area contributed by atoms with Gasteiger partial charge in [-0.05, 0) is 18.2 Å². The second-order valence-corrected chi connectivity index (χ2v) is 4.31. The summed E-state index contributed by atoms with van der Waals surface area (Å²) < 4.78 is 8.86. The largest absolute Gasteiger partial charge is 0.466 e. The van der Waals surface area contributed by atoms with Gasteiger partial charge in [0.1, 0.15) is 0 Å². The lowest BCUT2D eigenvalue weighted by Gasteiger charge is -2.02. The predicted molar refractivity (Wildman–Crippen MR) is 70.6 cm³/mol. The van der Waals surface area contributed by atoms with Crippen molar-refractivity contribution in [2.75, 3.05) is 13.7 Å². The molecular formula is C13H10ClNO5. The van der Waals surface area contributed by atoms with Gasteiger partial charge in [-0.25, -0.2) is 9.59 Å². The molecule has 0 unspecified atom stereocenters. The third kappa shape index (κ3) is 2.80. The minimum atomic E-state index is -1.13. The quantitative estimate of drug-likeness (QED) is 0.527. The normalized spacial score (nSPS) is 10.3. The fourth-order valence-electron chi connectivity index (χ4n) is 1.64. The van der Waals surface area contributed by atoms with Crippen LogP contribution in [-0.2, 0) is 19.1 Å². The first-order valence-corrected chi connectivity index (χ1v) is 5.95. The van der Waals surface area contributed by atoms with E-state index in [9.17, 15) is 14.4 Å². The summed E-state index contributed by atoms with van der Waals surface area (Å²) >= 11 is 5.85. The number of aromatic nitrogens is 1. The van der Waals surface area contributed by atoms with E-state index in [2.05, 4.69) is 14.5 Å². The van der Waals surface area contributed by atoms with Crippen LogP contribution in [0, 0.1) is 0 Å². The molecule has 0 fully saturated rings. The Morgan fingerprint density at radius 3 is 2.75 bits per heavy atom. The summed E-state index contributed by atoms with van der Waals surface area (Å²) in [6.07, 6.45) is 1.39. The van der Waals surface area contributed by atoms with Crippen molar-refractivity contribution in [2.24, 2.45) is 0 Å². The molecule has 0 aliphatic heterocycles. The summed E-state index contributed by atoms with van der Waals surface area (Å²) in [6, 6.07) is 4.91. The lowest BCUT2D eigenvalue weighted by Crippen LogP contribution is -2.21. The van der Waals surface area contributed by atoms with Crippen LogP contribution in [0.1, 0.15) is 10.4 Å². The van der Waals surface area contributed by atoms with Gasteiger partial charge in [-0.1, -0.05) is 11.6 Å². The molecule has 1 aromatic carbocycles. The number of H-pyrrole nitrogens is 1. The van der Waals surface area contributed by atoms with Crippen LogP contribution in [0.3, 0.4) is 0 Å². The Hall–Kier alpha value is -2.34. The minimum Gasteiger partial charge on any atom is -0.466 e. The monoisotopic (exact) mass is 295 g/mol. The molecule has 7 heteroatoms. The number of ketones is 1. The summed E-state index contributed by atoms with van der Waals surface area (Å²) in [6.45, 7) is -0.607. The molecule has 2 aromatic rings. The Labute approximate surface area is 118 Å². The van der Waals surface area contributed by atoms with Crippen LogP contribution < -0.4 is 0 Å². The number of hydrogen-bond donors (Lipinski definition) is 1. The standard InChI is InChI=1S/C13H10ClNO5/c1-19-11(16)6-20-13(18)12(17)9-5-15-10-3-2-7(14)4-8(9)10/h2-5,15H,6H2,1H3. The van der Waals surface area contributed by atoms with E-state index in [4.69, 9.17) is 11.6 Å². The number of fused-ring (bicyclic) bond motifs is 1. The molecule has 104 valence electrons. The highest BCUT2D eigenvalue weighted by atomic mass is 35.5. The third-order valence-corrected chi connectivity index (χ3v) is 2.86.